The lowest BCUT2D eigenvalue weighted by atomic mass is 9.88. The molecular formula is C15H27N3S. The molecule has 3 nitrogen and oxygen atoms in total. The molecule has 1 N–H and O–H groups in total. The minimum Gasteiger partial charge on any atom is -0.308 e. The van der Waals surface area contributed by atoms with Crippen LogP contribution in [0, 0.1) is 6.92 Å². The Morgan fingerprint density at radius 3 is 2.68 bits per heavy atom. The van der Waals surface area contributed by atoms with Gasteiger partial charge in [0.1, 0.15) is 5.01 Å². The van der Waals surface area contributed by atoms with E-state index in [9.17, 15) is 0 Å². The predicted molar refractivity (Wildman–Crippen MR) is 82.7 cm³/mol. The van der Waals surface area contributed by atoms with Gasteiger partial charge in [0.2, 0.25) is 0 Å². The van der Waals surface area contributed by atoms with Gasteiger partial charge in [-0.05, 0) is 26.2 Å². The van der Waals surface area contributed by atoms with E-state index >= 15 is 0 Å². The summed E-state index contributed by atoms with van der Waals surface area (Å²) in [4.78, 5) is 7.27. The molecule has 0 aromatic carbocycles. The third-order valence-corrected chi connectivity index (χ3v) is 5.52. The van der Waals surface area contributed by atoms with Crippen molar-refractivity contribution in [3.05, 3.63) is 16.1 Å². The van der Waals surface area contributed by atoms with Gasteiger partial charge < -0.3 is 5.32 Å². The fourth-order valence-corrected chi connectivity index (χ4v) is 3.79. The number of aryl methyl sites for hydroxylation is 1. The van der Waals surface area contributed by atoms with Crippen molar-refractivity contribution in [1.29, 1.82) is 0 Å². The summed E-state index contributed by atoms with van der Waals surface area (Å²) < 4.78 is 0. The first-order valence-corrected chi connectivity index (χ1v) is 8.40. The largest absolute Gasteiger partial charge is 0.308 e. The van der Waals surface area contributed by atoms with Crippen molar-refractivity contribution in [3.63, 3.8) is 0 Å². The molecule has 1 saturated heterocycles. The smallest absolute Gasteiger partial charge is 0.107 e. The number of piperazine rings is 1. The van der Waals surface area contributed by atoms with E-state index in [1.165, 1.54) is 24.3 Å². The Labute approximate surface area is 121 Å². The highest BCUT2D eigenvalue weighted by Crippen LogP contribution is 2.26. The van der Waals surface area contributed by atoms with Crippen LogP contribution in [-0.4, -0.2) is 34.6 Å². The van der Waals surface area contributed by atoms with Crippen LogP contribution in [0.5, 0.6) is 0 Å². The van der Waals surface area contributed by atoms with Crippen LogP contribution in [0.4, 0.5) is 0 Å². The lowest BCUT2D eigenvalue weighted by Crippen LogP contribution is -2.63. The van der Waals surface area contributed by atoms with Gasteiger partial charge in [0, 0.05) is 35.7 Å². The van der Waals surface area contributed by atoms with Gasteiger partial charge in [0.25, 0.3) is 0 Å². The first-order chi connectivity index (χ1) is 9.12. The Morgan fingerprint density at radius 2 is 2.16 bits per heavy atom. The molecule has 0 amide bonds. The molecule has 1 aromatic rings. The van der Waals surface area contributed by atoms with Crippen LogP contribution in [0.2, 0.25) is 0 Å². The highest BCUT2D eigenvalue weighted by molar-refractivity contribution is 7.09. The van der Waals surface area contributed by atoms with Crippen LogP contribution in [0.25, 0.3) is 0 Å². The summed E-state index contributed by atoms with van der Waals surface area (Å²) in [7, 11) is 0. The molecule has 1 unspecified atom stereocenters. The third-order valence-electron chi connectivity index (χ3n) is 4.56. The second-order valence-electron chi connectivity index (χ2n) is 5.72. The third kappa shape index (κ3) is 3.36. The molecule has 1 aliphatic rings. The van der Waals surface area contributed by atoms with Crippen LogP contribution in [-0.2, 0) is 6.54 Å². The highest BCUT2D eigenvalue weighted by Gasteiger charge is 2.36. The highest BCUT2D eigenvalue weighted by atomic mass is 32.1. The van der Waals surface area contributed by atoms with Gasteiger partial charge in [0.05, 0.1) is 6.54 Å². The molecule has 0 bridgehead atoms. The van der Waals surface area contributed by atoms with Crippen LogP contribution < -0.4 is 5.32 Å². The van der Waals surface area contributed by atoms with E-state index in [-0.39, 0.29) is 0 Å². The maximum absolute atomic E-state index is 4.63. The van der Waals surface area contributed by atoms with Crippen LogP contribution in [0.15, 0.2) is 5.38 Å². The van der Waals surface area contributed by atoms with E-state index in [1.807, 2.05) is 0 Å². The number of rotatable bonds is 5. The van der Waals surface area contributed by atoms with Crippen molar-refractivity contribution in [1.82, 2.24) is 15.2 Å². The number of nitrogens with zero attached hydrogens (tertiary/aromatic N) is 2. The monoisotopic (exact) mass is 281 g/mol. The second-order valence-corrected chi connectivity index (χ2v) is 6.66. The number of hydrogen-bond donors (Lipinski definition) is 1. The molecule has 1 atom stereocenters. The van der Waals surface area contributed by atoms with E-state index in [4.69, 9.17) is 0 Å². The molecule has 0 radical (unpaired) electrons. The molecule has 0 aliphatic carbocycles. The molecule has 19 heavy (non-hydrogen) atoms. The Balaban J connectivity index is 2.09. The Morgan fingerprint density at radius 1 is 1.42 bits per heavy atom. The molecule has 0 saturated carbocycles. The predicted octanol–water partition coefficient (Wildman–Crippen LogP) is 3.19. The topological polar surface area (TPSA) is 28.2 Å². The van der Waals surface area contributed by atoms with Gasteiger partial charge in [-0.2, -0.15) is 0 Å². The Kier molecular flexibility index (Phi) is 4.98. The first-order valence-electron chi connectivity index (χ1n) is 7.52. The maximum Gasteiger partial charge on any atom is 0.107 e. The van der Waals surface area contributed by atoms with E-state index in [0.717, 1.165) is 25.3 Å². The summed E-state index contributed by atoms with van der Waals surface area (Å²) in [6.07, 6.45) is 3.61. The molecule has 2 rings (SSSR count). The molecule has 1 fully saturated rings. The van der Waals surface area contributed by atoms with Crippen molar-refractivity contribution >= 4 is 11.3 Å². The maximum atomic E-state index is 4.63. The van der Waals surface area contributed by atoms with Crippen LogP contribution in [0.1, 0.15) is 50.7 Å². The zero-order chi connectivity index (χ0) is 13.9. The van der Waals surface area contributed by atoms with E-state index in [2.05, 4.69) is 48.3 Å². The van der Waals surface area contributed by atoms with Gasteiger partial charge in [0.15, 0.2) is 0 Å². The van der Waals surface area contributed by atoms with Crippen molar-refractivity contribution in [2.75, 3.05) is 13.1 Å². The van der Waals surface area contributed by atoms with Gasteiger partial charge in [-0.25, -0.2) is 4.98 Å². The van der Waals surface area contributed by atoms with Crippen molar-refractivity contribution in [3.8, 4) is 0 Å². The summed E-state index contributed by atoms with van der Waals surface area (Å²) in [6, 6.07) is 0.649. The quantitative estimate of drug-likeness (QED) is 0.898. The zero-order valence-electron chi connectivity index (χ0n) is 12.7. The molecule has 2 heterocycles. The Hall–Kier alpha value is -0.450. The first kappa shape index (κ1) is 14.9. The average molecular weight is 281 g/mol. The standard InChI is InChI=1S/C15H27N3S/c1-5-13-8-16-15(6-2,7-3)11-18(13)9-14-17-12(4)10-19-14/h10,13,16H,5-9,11H2,1-4H3. The van der Waals surface area contributed by atoms with Gasteiger partial charge in [-0.3, -0.25) is 4.90 Å². The van der Waals surface area contributed by atoms with Gasteiger partial charge >= 0.3 is 0 Å². The fraction of sp³-hybridized carbons (Fsp3) is 0.800. The lowest BCUT2D eigenvalue weighted by Gasteiger charge is -2.47. The van der Waals surface area contributed by atoms with Crippen molar-refractivity contribution in [2.45, 2.75) is 65.1 Å². The molecular weight excluding hydrogens is 254 g/mol. The summed E-state index contributed by atoms with van der Waals surface area (Å²) in [5, 5.41) is 7.22. The van der Waals surface area contributed by atoms with Crippen molar-refractivity contribution < 1.29 is 0 Å². The average Bonchev–Trinajstić information content (AvgIpc) is 2.84. The minimum atomic E-state index is 0.304. The van der Waals surface area contributed by atoms with E-state index in [1.54, 1.807) is 11.3 Å². The Bertz CT molecular complexity index is 398. The number of thiazole rings is 1. The van der Waals surface area contributed by atoms with Crippen LogP contribution >= 0.6 is 11.3 Å². The number of hydrogen-bond acceptors (Lipinski definition) is 4. The summed E-state index contributed by atoms with van der Waals surface area (Å²) in [5.74, 6) is 0. The molecule has 4 heteroatoms. The van der Waals surface area contributed by atoms with Gasteiger partial charge in [-0.15, -0.1) is 11.3 Å². The summed E-state index contributed by atoms with van der Waals surface area (Å²) >= 11 is 1.80. The van der Waals surface area contributed by atoms with Crippen LogP contribution in [0.3, 0.4) is 0 Å². The zero-order valence-corrected chi connectivity index (χ0v) is 13.5. The minimum absolute atomic E-state index is 0.304. The molecule has 0 spiro atoms. The molecule has 108 valence electrons. The fourth-order valence-electron chi connectivity index (χ4n) is 3.00. The number of aromatic nitrogens is 1. The van der Waals surface area contributed by atoms with E-state index < -0.39 is 0 Å². The molecule has 1 aromatic heterocycles. The lowest BCUT2D eigenvalue weighted by molar-refractivity contribution is 0.0642. The van der Waals surface area contributed by atoms with E-state index in [0.29, 0.717) is 11.6 Å². The summed E-state index contributed by atoms with van der Waals surface area (Å²) in [5.41, 5.74) is 1.46. The second kappa shape index (κ2) is 6.33. The SMILES string of the molecule is CCC1CNC(CC)(CC)CN1Cc1nc(C)cs1. The van der Waals surface area contributed by atoms with Crippen molar-refractivity contribution in [2.24, 2.45) is 0 Å². The van der Waals surface area contributed by atoms with Gasteiger partial charge in [-0.1, -0.05) is 20.8 Å². The normalized spacial score (nSPS) is 23.7. The molecule has 1 aliphatic heterocycles. The summed E-state index contributed by atoms with van der Waals surface area (Å²) in [6.45, 7) is 12.2. The number of nitrogens with one attached hydrogen (secondary N) is 1.